The zero-order valence-electron chi connectivity index (χ0n) is 19.4. The predicted octanol–water partition coefficient (Wildman–Crippen LogP) is 3.56. The number of likely N-dealkylation sites (N-methyl/N-ethyl adjacent to an activating group) is 1. The molecule has 33 heavy (non-hydrogen) atoms. The summed E-state index contributed by atoms with van der Waals surface area (Å²) in [7, 11) is 3.37. The third kappa shape index (κ3) is 6.43. The molecule has 0 spiro atoms. The molecule has 2 aromatic rings. The van der Waals surface area contributed by atoms with Crippen molar-refractivity contribution < 1.29 is 23.5 Å². The summed E-state index contributed by atoms with van der Waals surface area (Å²) in [5, 5.41) is 8.55. The van der Waals surface area contributed by atoms with E-state index in [0.29, 0.717) is 30.2 Å². The smallest absolute Gasteiger partial charge is 0.323 e. The highest BCUT2D eigenvalue weighted by molar-refractivity contribution is 6.01. The largest absolute Gasteiger partial charge is 0.491 e. The quantitative estimate of drug-likeness (QED) is 0.654. The number of fused-ring (bicyclic) bond motifs is 1. The SMILES string of the molecule is CO[C@@H]1CN(C)C(=O)c2ccc(NC(=O)Nc3ccccc3F)cc2OC[C@H](C)NC[C@H]1C. The van der Waals surface area contributed by atoms with Crippen LogP contribution >= 0.6 is 0 Å². The highest BCUT2D eigenvalue weighted by atomic mass is 19.1. The lowest BCUT2D eigenvalue weighted by Crippen LogP contribution is -2.44. The molecule has 3 N–H and O–H groups in total. The molecule has 1 heterocycles. The fourth-order valence-electron chi connectivity index (χ4n) is 3.58. The van der Waals surface area contributed by atoms with Gasteiger partial charge in [-0.15, -0.1) is 0 Å². The molecule has 0 bridgehead atoms. The minimum atomic E-state index is -0.608. The topological polar surface area (TPSA) is 91.9 Å². The summed E-state index contributed by atoms with van der Waals surface area (Å²) in [5.41, 5.74) is 0.859. The summed E-state index contributed by atoms with van der Waals surface area (Å²) in [5.74, 6) is -0.187. The summed E-state index contributed by atoms with van der Waals surface area (Å²) < 4.78 is 25.4. The molecule has 1 aliphatic heterocycles. The second-order valence-corrected chi connectivity index (χ2v) is 8.33. The van der Waals surface area contributed by atoms with E-state index in [9.17, 15) is 14.0 Å². The number of nitrogens with zero attached hydrogens (tertiary/aromatic N) is 1. The molecule has 2 aromatic carbocycles. The Morgan fingerprint density at radius 3 is 2.70 bits per heavy atom. The number of amides is 3. The highest BCUT2D eigenvalue weighted by Crippen LogP contribution is 2.26. The second-order valence-electron chi connectivity index (χ2n) is 8.33. The molecule has 8 nitrogen and oxygen atoms in total. The predicted molar refractivity (Wildman–Crippen MR) is 125 cm³/mol. The Bertz CT molecular complexity index is 987. The molecule has 0 radical (unpaired) electrons. The zero-order chi connectivity index (χ0) is 24.0. The first-order valence-corrected chi connectivity index (χ1v) is 10.9. The fourth-order valence-corrected chi connectivity index (χ4v) is 3.58. The third-order valence-electron chi connectivity index (χ3n) is 5.61. The van der Waals surface area contributed by atoms with Crippen molar-refractivity contribution in [2.24, 2.45) is 5.92 Å². The van der Waals surface area contributed by atoms with E-state index in [1.54, 1.807) is 49.4 Å². The number of ether oxygens (including phenoxy) is 2. The molecule has 0 unspecified atom stereocenters. The molecule has 0 fully saturated rings. The van der Waals surface area contributed by atoms with Crippen LogP contribution in [0.4, 0.5) is 20.6 Å². The van der Waals surface area contributed by atoms with Crippen LogP contribution in [-0.4, -0.2) is 62.8 Å². The van der Waals surface area contributed by atoms with Crippen molar-refractivity contribution in [1.82, 2.24) is 10.2 Å². The number of hydrogen-bond acceptors (Lipinski definition) is 5. The number of rotatable bonds is 3. The maximum atomic E-state index is 13.8. The summed E-state index contributed by atoms with van der Waals surface area (Å²) >= 11 is 0. The van der Waals surface area contributed by atoms with Gasteiger partial charge < -0.3 is 30.3 Å². The number of carbonyl (C=O) groups is 2. The molecule has 1 aliphatic rings. The van der Waals surface area contributed by atoms with E-state index in [-0.39, 0.29) is 29.7 Å². The Hall–Kier alpha value is -3.17. The van der Waals surface area contributed by atoms with Crippen molar-refractivity contribution in [2.75, 3.05) is 44.5 Å². The van der Waals surface area contributed by atoms with Crippen molar-refractivity contribution >= 4 is 23.3 Å². The van der Waals surface area contributed by atoms with Gasteiger partial charge in [0.1, 0.15) is 18.2 Å². The molecule has 0 aromatic heterocycles. The van der Waals surface area contributed by atoms with Crippen molar-refractivity contribution in [3.63, 3.8) is 0 Å². The maximum Gasteiger partial charge on any atom is 0.323 e. The third-order valence-corrected chi connectivity index (χ3v) is 5.61. The zero-order valence-corrected chi connectivity index (χ0v) is 19.4. The molecule has 3 atom stereocenters. The van der Waals surface area contributed by atoms with Gasteiger partial charge in [0.15, 0.2) is 0 Å². The lowest BCUT2D eigenvalue weighted by molar-refractivity contribution is 0.0281. The Morgan fingerprint density at radius 1 is 1.21 bits per heavy atom. The number of urea groups is 1. The van der Waals surface area contributed by atoms with E-state index < -0.39 is 11.8 Å². The summed E-state index contributed by atoms with van der Waals surface area (Å²) in [4.78, 5) is 27.1. The lowest BCUT2D eigenvalue weighted by atomic mass is 10.0. The van der Waals surface area contributed by atoms with Gasteiger partial charge >= 0.3 is 6.03 Å². The first kappa shape index (κ1) is 24.5. The Balaban J connectivity index is 1.81. The average molecular weight is 459 g/mol. The van der Waals surface area contributed by atoms with Crippen LogP contribution in [0.5, 0.6) is 5.75 Å². The first-order chi connectivity index (χ1) is 15.8. The molecule has 3 rings (SSSR count). The minimum absolute atomic E-state index is 0.0334. The number of nitrogens with one attached hydrogen (secondary N) is 3. The maximum absolute atomic E-state index is 13.8. The van der Waals surface area contributed by atoms with Crippen molar-refractivity contribution in [3.8, 4) is 5.75 Å². The number of methoxy groups -OCH3 is 1. The van der Waals surface area contributed by atoms with Crippen molar-refractivity contribution in [2.45, 2.75) is 26.0 Å². The second kappa shape index (κ2) is 11.1. The van der Waals surface area contributed by atoms with E-state index in [2.05, 4.69) is 22.9 Å². The van der Waals surface area contributed by atoms with Gasteiger partial charge in [-0.05, 0) is 37.1 Å². The van der Waals surface area contributed by atoms with Gasteiger partial charge in [0.2, 0.25) is 0 Å². The molecular formula is C24H31FN4O4. The number of anilines is 2. The normalized spacial score (nSPS) is 21.8. The fraction of sp³-hybridized carbons (Fsp3) is 0.417. The van der Waals surface area contributed by atoms with E-state index in [1.165, 1.54) is 12.1 Å². The molecule has 3 amide bonds. The average Bonchev–Trinajstić information content (AvgIpc) is 2.80. The van der Waals surface area contributed by atoms with Crippen molar-refractivity contribution in [1.29, 1.82) is 0 Å². The molecule has 0 saturated heterocycles. The molecule has 0 saturated carbocycles. The first-order valence-electron chi connectivity index (χ1n) is 10.9. The van der Waals surface area contributed by atoms with Crippen LogP contribution in [0.1, 0.15) is 24.2 Å². The van der Waals surface area contributed by atoms with Gasteiger partial charge in [0.25, 0.3) is 5.91 Å². The van der Waals surface area contributed by atoms with Crippen LogP contribution in [0.2, 0.25) is 0 Å². The number of benzene rings is 2. The number of halogens is 1. The van der Waals surface area contributed by atoms with Gasteiger partial charge in [-0.3, -0.25) is 4.79 Å². The Kier molecular flexibility index (Phi) is 8.24. The van der Waals surface area contributed by atoms with Gasteiger partial charge in [0.05, 0.1) is 17.4 Å². The molecule has 9 heteroatoms. The van der Waals surface area contributed by atoms with E-state index in [1.807, 2.05) is 6.92 Å². The lowest BCUT2D eigenvalue weighted by Gasteiger charge is -2.30. The van der Waals surface area contributed by atoms with Crippen molar-refractivity contribution in [3.05, 3.63) is 53.8 Å². The standard InChI is InChI=1S/C24H31FN4O4/c1-15-12-26-16(2)14-33-21-11-17(27-24(31)28-20-8-6-5-7-19(20)25)9-10-18(21)23(30)29(3)13-22(15)32-4/h5-11,15-16,22,26H,12-14H2,1-4H3,(H2,27,28,31)/t15-,16+,22-/m1/s1. The summed E-state index contributed by atoms with van der Waals surface area (Å²) in [6, 6.07) is 10.1. The van der Waals surface area contributed by atoms with Crippen LogP contribution in [0, 0.1) is 11.7 Å². The molecule has 0 aliphatic carbocycles. The van der Waals surface area contributed by atoms with Crippen LogP contribution in [-0.2, 0) is 4.74 Å². The van der Waals surface area contributed by atoms with E-state index >= 15 is 0 Å². The van der Waals surface area contributed by atoms with Crippen LogP contribution in [0.3, 0.4) is 0 Å². The summed E-state index contributed by atoms with van der Waals surface area (Å²) in [6.07, 6.45) is -0.120. The number of para-hydroxylation sites is 1. The van der Waals surface area contributed by atoms with Gasteiger partial charge in [-0.25, -0.2) is 9.18 Å². The van der Waals surface area contributed by atoms with E-state index in [4.69, 9.17) is 9.47 Å². The van der Waals surface area contributed by atoms with Gasteiger partial charge in [-0.1, -0.05) is 19.1 Å². The number of carbonyl (C=O) groups excluding carboxylic acids is 2. The van der Waals surface area contributed by atoms with Crippen LogP contribution < -0.4 is 20.7 Å². The molecular weight excluding hydrogens is 427 g/mol. The monoisotopic (exact) mass is 458 g/mol. The van der Waals surface area contributed by atoms with Crippen LogP contribution in [0.15, 0.2) is 42.5 Å². The highest BCUT2D eigenvalue weighted by Gasteiger charge is 2.25. The van der Waals surface area contributed by atoms with Gasteiger partial charge in [0, 0.05) is 45.0 Å². The minimum Gasteiger partial charge on any atom is -0.491 e. The van der Waals surface area contributed by atoms with Crippen LogP contribution in [0.25, 0.3) is 0 Å². The van der Waals surface area contributed by atoms with E-state index in [0.717, 1.165) is 6.54 Å². The van der Waals surface area contributed by atoms with Gasteiger partial charge in [-0.2, -0.15) is 0 Å². The Labute approximate surface area is 193 Å². The summed E-state index contributed by atoms with van der Waals surface area (Å²) in [6.45, 7) is 5.56. The molecule has 178 valence electrons. The Morgan fingerprint density at radius 2 is 1.97 bits per heavy atom. The number of hydrogen-bond donors (Lipinski definition) is 3.